The van der Waals surface area contributed by atoms with E-state index in [2.05, 4.69) is 27.7 Å². The molecule has 0 aromatic heterocycles. The van der Waals surface area contributed by atoms with Crippen molar-refractivity contribution in [2.75, 3.05) is 0 Å². The number of hydrogen-bond acceptors (Lipinski definition) is 2. The second kappa shape index (κ2) is 3.17. The minimum Gasteiger partial charge on any atom is -0.374 e. The van der Waals surface area contributed by atoms with Crippen molar-refractivity contribution >= 4 is 5.78 Å². The summed E-state index contributed by atoms with van der Waals surface area (Å²) in [6.45, 7) is 8.53. The summed E-state index contributed by atoms with van der Waals surface area (Å²) in [5.74, 6) is 0.334. The normalized spacial score (nSPS) is 22.2. The first-order valence-corrected chi connectivity index (χ1v) is 4.57. The van der Waals surface area contributed by atoms with Gasteiger partial charge in [0.25, 0.3) is 0 Å². The van der Waals surface area contributed by atoms with Gasteiger partial charge in [0.05, 0.1) is 12.2 Å². The Balaban J connectivity index is 2.28. The summed E-state index contributed by atoms with van der Waals surface area (Å²) < 4.78 is 5.70. The molecule has 1 aliphatic carbocycles. The molecule has 1 aliphatic rings. The Morgan fingerprint density at radius 3 is 2.25 bits per heavy atom. The van der Waals surface area contributed by atoms with Crippen molar-refractivity contribution in [2.24, 2.45) is 5.41 Å². The average Bonchev–Trinajstić information content (AvgIpc) is 1.82. The highest BCUT2D eigenvalue weighted by molar-refractivity contribution is 5.85. The van der Waals surface area contributed by atoms with Crippen molar-refractivity contribution in [3.05, 3.63) is 0 Å². The van der Waals surface area contributed by atoms with Crippen molar-refractivity contribution in [2.45, 2.75) is 52.7 Å². The van der Waals surface area contributed by atoms with Gasteiger partial charge >= 0.3 is 0 Å². The van der Waals surface area contributed by atoms with E-state index < -0.39 is 0 Å². The highest BCUT2D eigenvalue weighted by atomic mass is 16.5. The Labute approximate surface area is 74.3 Å². The van der Waals surface area contributed by atoms with Crippen LogP contribution in [-0.2, 0) is 9.53 Å². The number of ketones is 1. The minimum atomic E-state index is 0.179. The van der Waals surface area contributed by atoms with E-state index in [-0.39, 0.29) is 17.6 Å². The van der Waals surface area contributed by atoms with E-state index >= 15 is 0 Å². The predicted octanol–water partition coefficient (Wildman–Crippen LogP) is 2.17. The molecule has 1 unspecified atom stereocenters. The standard InChI is InChI=1S/C10H18O2/c1-7(10(2,3)4)12-9-5-8(11)6-9/h7,9H,5-6H2,1-4H3. The van der Waals surface area contributed by atoms with Crippen LogP contribution in [0.5, 0.6) is 0 Å². The molecule has 0 amide bonds. The summed E-state index contributed by atoms with van der Waals surface area (Å²) in [4.78, 5) is 10.7. The van der Waals surface area contributed by atoms with Gasteiger partial charge in [0.15, 0.2) is 0 Å². The average molecular weight is 170 g/mol. The minimum absolute atomic E-state index is 0.179. The lowest BCUT2D eigenvalue weighted by molar-refractivity contribution is -0.142. The van der Waals surface area contributed by atoms with Gasteiger partial charge in [0, 0.05) is 12.8 Å². The largest absolute Gasteiger partial charge is 0.374 e. The van der Waals surface area contributed by atoms with Crippen LogP contribution in [-0.4, -0.2) is 18.0 Å². The Bertz CT molecular complexity index is 171. The van der Waals surface area contributed by atoms with Crippen molar-refractivity contribution < 1.29 is 9.53 Å². The molecule has 12 heavy (non-hydrogen) atoms. The van der Waals surface area contributed by atoms with Gasteiger partial charge < -0.3 is 4.74 Å². The molecule has 70 valence electrons. The lowest BCUT2D eigenvalue weighted by atomic mass is 9.88. The zero-order chi connectivity index (χ0) is 9.35. The van der Waals surface area contributed by atoms with Gasteiger partial charge in [-0.25, -0.2) is 0 Å². The summed E-state index contributed by atoms with van der Waals surface area (Å²) in [6, 6.07) is 0. The molecular formula is C10H18O2. The van der Waals surface area contributed by atoms with E-state index in [0.717, 1.165) is 0 Å². The fourth-order valence-corrected chi connectivity index (χ4v) is 1.04. The third-order valence-corrected chi connectivity index (χ3v) is 2.53. The first-order valence-electron chi connectivity index (χ1n) is 4.57. The molecule has 0 saturated heterocycles. The van der Waals surface area contributed by atoms with Crippen LogP contribution in [0.25, 0.3) is 0 Å². The van der Waals surface area contributed by atoms with Crippen LogP contribution >= 0.6 is 0 Å². The highest BCUT2D eigenvalue weighted by Gasteiger charge is 2.31. The van der Waals surface area contributed by atoms with Crippen molar-refractivity contribution in [1.82, 2.24) is 0 Å². The van der Waals surface area contributed by atoms with E-state index in [1.807, 2.05) is 0 Å². The molecule has 0 heterocycles. The number of Topliss-reactive ketones (excluding diaryl/α,β-unsaturated/α-hetero) is 1. The molecule has 1 rings (SSSR count). The second-order valence-electron chi connectivity index (χ2n) is 4.71. The molecule has 1 saturated carbocycles. The zero-order valence-corrected chi connectivity index (χ0v) is 8.39. The van der Waals surface area contributed by atoms with E-state index in [0.29, 0.717) is 18.6 Å². The summed E-state index contributed by atoms with van der Waals surface area (Å²) in [7, 11) is 0. The van der Waals surface area contributed by atoms with Crippen molar-refractivity contribution in [1.29, 1.82) is 0 Å². The molecule has 0 N–H and O–H groups in total. The lowest BCUT2D eigenvalue weighted by Gasteiger charge is -2.34. The summed E-state index contributed by atoms with van der Waals surface area (Å²) in [5, 5.41) is 0. The molecule has 0 radical (unpaired) electrons. The van der Waals surface area contributed by atoms with Gasteiger partial charge in [-0.2, -0.15) is 0 Å². The van der Waals surface area contributed by atoms with E-state index in [9.17, 15) is 4.79 Å². The maximum atomic E-state index is 10.7. The maximum absolute atomic E-state index is 10.7. The van der Waals surface area contributed by atoms with Crippen LogP contribution in [0.3, 0.4) is 0 Å². The number of rotatable bonds is 2. The van der Waals surface area contributed by atoms with Crippen LogP contribution in [0.4, 0.5) is 0 Å². The molecule has 0 aromatic carbocycles. The van der Waals surface area contributed by atoms with Gasteiger partial charge in [-0.05, 0) is 12.3 Å². The Morgan fingerprint density at radius 2 is 1.92 bits per heavy atom. The summed E-state index contributed by atoms with van der Waals surface area (Å²) >= 11 is 0. The molecular weight excluding hydrogens is 152 g/mol. The maximum Gasteiger partial charge on any atom is 0.138 e. The van der Waals surface area contributed by atoms with Crippen LogP contribution in [0, 0.1) is 5.41 Å². The van der Waals surface area contributed by atoms with E-state index in [4.69, 9.17) is 4.74 Å². The third kappa shape index (κ3) is 2.31. The second-order valence-corrected chi connectivity index (χ2v) is 4.71. The molecule has 1 atom stereocenters. The fourth-order valence-electron chi connectivity index (χ4n) is 1.04. The van der Waals surface area contributed by atoms with Crippen LogP contribution in [0.1, 0.15) is 40.5 Å². The smallest absolute Gasteiger partial charge is 0.138 e. The summed E-state index contributed by atoms with van der Waals surface area (Å²) in [5.41, 5.74) is 0.179. The first kappa shape index (κ1) is 9.72. The Morgan fingerprint density at radius 1 is 1.42 bits per heavy atom. The topological polar surface area (TPSA) is 26.3 Å². The van der Waals surface area contributed by atoms with Gasteiger partial charge in [0.2, 0.25) is 0 Å². The molecule has 1 fully saturated rings. The van der Waals surface area contributed by atoms with Crippen LogP contribution < -0.4 is 0 Å². The SMILES string of the molecule is CC(OC1CC(=O)C1)C(C)(C)C. The van der Waals surface area contributed by atoms with E-state index in [1.54, 1.807) is 0 Å². The quantitative estimate of drug-likeness (QED) is 0.635. The first-order chi connectivity index (χ1) is 5.39. The van der Waals surface area contributed by atoms with Crippen molar-refractivity contribution in [3.63, 3.8) is 0 Å². The van der Waals surface area contributed by atoms with Crippen LogP contribution in [0.2, 0.25) is 0 Å². The number of carbonyl (C=O) groups is 1. The predicted molar refractivity (Wildman–Crippen MR) is 48.0 cm³/mol. The number of hydrogen-bond donors (Lipinski definition) is 0. The molecule has 0 aromatic rings. The Kier molecular flexibility index (Phi) is 2.57. The van der Waals surface area contributed by atoms with Gasteiger partial charge in [-0.15, -0.1) is 0 Å². The van der Waals surface area contributed by atoms with E-state index in [1.165, 1.54) is 0 Å². The van der Waals surface area contributed by atoms with Crippen molar-refractivity contribution in [3.8, 4) is 0 Å². The Hall–Kier alpha value is -0.370. The molecule has 0 aliphatic heterocycles. The molecule has 0 spiro atoms. The lowest BCUT2D eigenvalue weighted by Crippen LogP contribution is -2.38. The molecule has 0 bridgehead atoms. The highest BCUT2D eigenvalue weighted by Crippen LogP contribution is 2.27. The fraction of sp³-hybridized carbons (Fsp3) is 0.900. The van der Waals surface area contributed by atoms with Gasteiger partial charge in [-0.1, -0.05) is 20.8 Å². The molecule has 2 nitrogen and oxygen atoms in total. The monoisotopic (exact) mass is 170 g/mol. The number of carbonyl (C=O) groups excluding carboxylic acids is 1. The third-order valence-electron chi connectivity index (χ3n) is 2.53. The van der Waals surface area contributed by atoms with Gasteiger partial charge in [0.1, 0.15) is 5.78 Å². The number of ether oxygens (including phenoxy) is 1. The molecule has 2 heteroatoms. The zero-order valence-electron chi connectivity index (χ0n) is 8.39. The van der Waals surface area contributed by atoms with Gasteiger partial charge in [-0.3, -0.25) is 4.79 Å². The van der Waals surface area contributed by atoms with Crippen LogP contribution in [0.15, 0.2) is 0 Å². The summed E-state index contributed by atoms with van der Waals surface area (Å²) in [6.07, 6.45) is 1.68.